The maximum Gasteiger partial charge on any atom is 0.249 e. The minimum atomic E-state index is -0.442. The van der Waals surface area contributed by atoms with Gasteiger partial charge in [0.1, 0.15) is 6.61 Å². The van der Waals surface area contributed by atoms with Crippen LogP contribution in [-0.4, -0.2) is 71.0 Å². The number of carbonyl (C=O) groups is 2. The lowest BCUT2D eigenvalue weighted by atomic mass is 9.78. The van der Waals surface area contributed by atoms with Gasteiger partial charge < -0.3 is 25.3 Å². The van der Waals surface area contributed by atoms with Gasteiger partial charge in [0.2, 0.25) is 11.8 Å². The van der Waals surface area contributed by atoms with Gasteiger partial charge in [-0.2, -0.15) is 0 Å². The third kappa shape index (κ3) is 3.33. The lowest BCUT2D eigenvalue weighted by Gasteiger charge is -2.50. The summed E-state index contributed by atoms with van der Waals surface area (Å²) in [5, 5.41) is 0. The Morgan fingerprint density at radius 1 is 1.32 bits per heavy atom. The van der Waals surface area contributed by atoms with Gasteiger partial charge in [-0.15, -0.1) is 0 Å². The fourth-order valence-corrected chi connectivity index (χ4v) is 5.36. The molecule has 1 saturated heterocycles. The number of rotatable bonds is 3. The van der Waals surface area contributed by atoms with Crippen molar-refractivity contribution >= 4 is 11.8 Å². The van der Waals surface area contributed by atoms with E-state index in [-0.39, 0.29) is 30.4 Å². The number of imidazole rings is 1. The van der Waals surface area contributed by atoms with Crippen LogP contribution >= 0.6 is 0 Å². The maximum atomic E-state index is 13.0. The van der Waals surface area contributed by atoms with Gasteiger partial charge in [0.25, 0.3) is 0 Å². The molecule has 0 aromatic carbocycles. The van der Waals surface area contributed by atoms with Gasteiger partial charge in [0.05, 0.1) is 17.6 Å². The Kier molecular flexibility index (Phi) is 5.42. The van der Waals surface area contributed by atoms with Gasteiger partial charge in [-0.05, 0) is 32.1 Å². The number of nitrogens with zero attached hydrogens (tertiary/aromatic N) is 3. The van der Waals surface area contributed by atoms with E-state index in [0.29, 0.717) is 32.5 Å². The Morgan fingerprint density at radius 2 is 2.11 bits per heavy atom. The highest BCUT2D eigenvalue weighted by molar-refractivity contribution is 5.80. The number of methoxy groups -OCH3 is 1. The number of hydrogen-bond acceptors (Lipinski definition) is 5. The van der Waals surface area contributed by atoms with Crippen LogP contribution < -0.4 is 5.73 Å². The second-order valence-electron chi connectivity index (χ2n) is 8.44. The number of likely N-dealkylation sites (tertiary alicyclic amines) is 1. The normalized spacial score (nSPS) is 26.9. The van der Waals surface area contributed by atoms with Crippen LogP contribution in [0.15, 0.2) is 6.33 Å². The Balaban J connectivity index is 1.52. The predicted octanol–water partition coefficient (Wildman–Crippen LogP) is 0.776. The highest BCUT2D eigenvalue weighted by Gasteiger charge is 2.49. The third-order valence-electron chi connectivity index (χ3n) is 6.80. The summed E-state index contributed by atoms with van der Waals surface area (Å²) in [4.78, 5) is 37.5. The van der Waals surface area contributed by atoms with Crippen LogP contribution in [0.25, 0.3) is 0 Å². The molecule has 3 aliphatic rings. The van der Waals surface area contributed by atoms with Gasteiger partial charge in [-0.3, -0.25) is 9.59 Å². The van der Waals surface area contributed by atoms with Gasteiger partial charge in [0, 0.05) is 50.8 Å². The molecule has 8 nitrogen and oxygen atoms in total. The number of aromatic amines is 1. The summed E-state index contributed by atoms with van der Waals surface area (Å²) in [6.07, 6.45) is 7.71. The second-order valence-corrected chi connectivity index (χ2v) is 8.44. The second kappa shape index (κ2) is 7.83. The zero-order chi connectivity index (χ0) is 19.7. The van der Waals surface area contributed by atoms with E-state index in [1.807, 2.05) is 9.80 Å². The molecule has 3 N–H and O–H groups in total. The molecule has 8 heteroatoms. The third-order valence-corrected chi connectivity index (χ3v) is 6.80. The number of nitrogens with one attached hydrogen (secondary N) is 1. The molecule has 4 rings (SSSR count). The Bertz CT molecular complexity index is 725. The summed E-state index contributed by atoms with van der Waals surface area (Å²) < 4.78 is 5.11. The Labute approximate surface area is 165 Å². The van der Waals surface area contributed by atoms with Crippen LogP contribution in [0, 0.1) is 5.92 Å². The van der Waals surface area contributed by atoms with Crippen LogP contribution in [0.2, 0.25) is 0 Å². The molecule has 2 atom stereocenters. The Hall–Kier alpha value is -1.93. The molecular weight excluding hydrogens is 358 g/mol. The average molecular weight is 390 g/mol. The van der Waals surface area contributed by atoms with Crippen molar-refractivity contribution in [1.82, 2.24) is 19.8 Å². The number of fused-ring (bicyclic) bond motifs is 2. The predicted molar refractivity (Wildman–Crippen MR) is 103 cm³/mol. The van der Waals surface area contributed by atoms with E-state index in [0.717, 1.165) is 43.5 Å². The van der Waals surface area contributed by atoms with Gasteiger partial charge >= 0.3 is 0 Å². The van der Waals surface area contributed by atoms with Crippen molar-refractivity contribution in [3.8, 4) is 0 Å². The molecule has 1 saturated carbocycles. The molecule has 28 heavy (non-hydrogen) atoms. The molecule has 2 fully saturated rings. The number of nitrogens with two attached hydrogens (primary N) is 1. The number of H-pyrrole nitrogens is 1. The summed E-state index contributed by atoms with van der Waals surface area (Å²) in [5.41, 5.74) is 7.72. The van der Waals surface area contributed by atoms with Crippen LogP contribution in [0.3, 0.4) is 0 Å². The molecule has 1 spiro atoms. The number of carbonyl (C=O) groups excluding carboxylic acids is 2. The van der Waals surface area contributed by atoms with Gasteiger partial charge in [-0.1, -0.05) is 6.42 Å². The van der Waals surface area contributed by atoms with Gasteiger partial charge in [0.15, 0.2) is 0 Å². The smallest absolute Gasteiger partial charge is 0.249 e. The standard InChI is InChI=1S/C20H31N5O3/c1-28-12-17(26)25-8-5-16-18(23-13-22-16)20(25)6-9-24(10-7-20)19(27)14-3-2-4-15(21)11-14/h13-15H,2-12,21H2,1H3,(H,22,23)/t14-,15+/m1/s1. The van der Waals surface area contributed by atoms with Crippen molar-refractivity contribution in [3.63, 3.8) is 0 Å². The van der Waals surface area contributed by atoms with E-state index in [1.54, 1.807) is 13.4 Å². The van der Waals surface area contributed by atoms with Crippen molar-refractivity contribution in [3.05, 3.63) is 17.7 Å². The van der Waals surface area contributed by atoms with E-state index in [1.165, 1.54) is 0 Å². The molecule has 3 heterocycles. The van der Waals surface area contributed by atoms with E-state index in [9.17, 15) is 9.59 Å². The molecule has 0 unspecified atom stereocenters. The molecule has 1 aromatic rings. The maximum absolute atomic E-state index is 13.0. The first-order valence-electron chi connectivity index (χ1n) is 10.4. The minimum absolute atomic E-state index is 0.00539. The molecule has 1 aliphatic carbocycles. The number of piperidine rings is 1. The number of ether oxygens (including phenoxy) is 1. The summed E-state index contributed by atoms with van der Waals surface area (Å²) in [5.74, 6) is 0.281. The zero-order valence-electron chi connectivity index (χ0n) is 16.7. The number of aromatic nitrogens is 2. The monoisotopic (exact) mass is 389 g/mol. The van der Waals surface area contributed by atoms with Crippen molar-refractivity contribution in [2.75, 3.05) is 33.4 Å². The average Bonchev–Trinajstić information content (AvgIpc) is 3.18. The molecule has 2 aliphatic heterocycles. The quantitative estimate of drug-likeness (QED) is 0.795. The molecule has 154 valence electrons. The van der Waals surface area contributed by atoms with E-state index >= 15 is 0 Å². The van der Waals surface area contributed by atoms with Crippen LogP contribution in [-0.2, 0) is 26.3 Å². The SMILES string of the molecule is COCC(=O)N1CCc2[nH]cnc2C12CCN(C(=O)[C@@H]1CCC[C@H](N)C1)CC2. The highest BCUT2D eigenvalue weighted by atomic mass is 16.5. The van der Waals surface area contributed by atoms with Crippen molar-refractivity contribution < 1.29 is 14.3 Å². The molecule has 2 amide bonds. The molecule has 0 bridgehead atoms. The van der Waals surface area contributed by atoms with Crippen LogP contribution in [0.5, 0.6) is 0 Å². The fourth-order valence-electron chi connectivity index (χ4n) is 5.36. The summed E-state index contributed by atoms with van der Waals surface area (Å²) in [6, 6.07) is 0.144. The summed E-state index contributed by atoms with van der Waals surface area (Å²) in [7, 11) is 1.55. The number of hydrogen-bond donors (Lipinski definition) is 2. The molecule has 0 radical (unpaired) electrons. The van der Waals surface area contributed by atoms with E-state index < -0.39 is 5.54 Å². The lowest BCUT2D eigenvalue weighted by molar-refractivity contribution is -0.149. The lowest BCUT2D eigenvalue weighted by Crippen LogP contribution is -2.60. The first-order chi connectivity index (χ1) is 13.5. The van der Waals surface area contributed by atoms with Crippen molar-refractivity contribution in [2.45, 2.75) is 56.5 Å². The van der Waals surface area contributed by atoms with Gasteiger partial charge in [-0.25, -0.2) is 4.98 Å². The summed E-state index contributed by atoms with van der Waals surface area (Å²) in [6.45, 7) is 2.02. The first-order valence-corrected chi connectivity index (χ1v) is 10.4. The highest BCUT2D eigenvalue weighted by Crippen LogP contribution is 2.42. The number of amides is 2. The zero-order valence-corrected chi connectivity index (χ0v) is 16.7. The molecular formula is C20H31N5O3. The Morgan fingerprint density at radius 3 is 2.82 bits per heavy atom. The topological polar surface area (TPSA) is 105 Å². The van der Waals surface area contributed by atoms with E-state index in [4.69, 9.17) is 10.5 Å². The van der Waals surface area contributed by atoms with Crippen molar-refractivity contribution in [2.24, 2.45) is 11.7 Å². The fraction of sp³-hybridized carbons (Fsp3) is 0.750. The first kappa shape index (κ1) is 19.4. The largest absolute Gasteiger partial charge is 0.375 e. The summed E-state index contributed by atoms with van der Waals surface area (Å²) >= 11 is 0. The van der Waals surface area contributed by atoms with Crippen molar-refractivity contribution in [1.29, 1.82) is 0 Å². The van der Waals surface area contributed by atoms with E-state index in [2.05, 4.69) is 9.97 Å². The van der Waals surface area contributed by atoms with Crippen LogP contribution in [0.4, 0.5) is 0 Å². The van der Waals surface area contributed by atoms with Crippen LogP contribution in [0.1, 0.15) is 49.9 Å². The molecule has 1 aromatic heterocycles. The minimum Gasteiger partial charge on any atom is -0.375 e.